The molecule has 2 heteroatoms. The van der Waals surface area contributed by atoms with Crippen molar-refractivity contribution in [3.63, 3.8) is 0 Å². The van der Waals surface area contributed by atoms with Crippen molar-refractivity contribution in [1.82, 2.24) is 0 Å². The van der Waals surface area contributed by atoms with Crippen LogP contribution in [0.25, 0.3) is 12.2 Å². The normalized spacial score (nSPS) is 12.3. The lowest BCUT2D eigenvalue weighted by atomic mass is 10.1. The zero-order valence-corrected chi connectivity index (χ0v) is 9.39. The first-order valence-corrected chi connectivity index (χ1v) is 5.65. The van der Waals surface area contributed by atoms with Gasteiger partial charge < -0.3 is 10.5 Å². The summed E-state index contributed by atoms with van der Waals surface area (Å²) >= 11 is 0. The van der Waals surface area contributed by atoms with Gasteiger partial charge in [-0.3, -0.25) is 0 Å². The monoisotopic (exact) mass is 223 g/mol. The Hall–Kier alpha value is -2.06. The molecule has 0 aliphatic carbocycles. The lowest BCUT2D eigenvalue weighted by molar-refractivity contribution is 0.481. The molecule has 1 aliphatic rings. The highest BCUT2D eigenvalue weighted by atomic mass is 16.5. The van der Waals surface area contributed by atoms with E-state index in [1.165, 1.54) is 0 Å². The molecule has 0 saturated heterocycles. The molecule has 17 heavy (non-hydrogen) atoms. The van der Waals surface area contributed by atoms with Crippen LogP contribution in [-0.4, -0.2) is 0 Å². The van der Waals surface area contributed by atoms with E-state index >= 15 is 0 Å². The van der Waals surface area contributed by atoms with Gasteiger partial charge in [-0.2, -0.15) is 0 Å². The lowest BCUT2D eigenvalue weighted by Crippen LogP contribution is -1.99. The van der Waals surface area contributed by atoms with Gasteiger partial charge in [0.2, 0.25) is 0 Å². The molecule has 2 nitrogen and oxygen atoms in total. The molecule has 0 bridgehead atoms. The maximum atomic E-state index is 5.93. The molecule has 0 aromatic heterocycles. The Morgan fingerprint density at radius 1 is 0.882 bits per heavy atom. The number of para-hydroxylation sites is 1. The zero-order valence-electron chi connectivity index (χ0n) is 9.39. The van der Waals surface area contributed by atoms with E-state index in [1.54, 1.807) is 0 Å². The van der Waals surface area contributed by atoms with Gasteiger partial charge in [-0.15, -0.1) is 0 Å². The van der Waals surface area contributed by atoms with Crippen LogP contribution in [0.4, 0.5) is 0 Å². The van der Waals surface area contributed by atoms with E-state index in [1.807, 2.05) is 42.5 Å². The van der Waals surface area contributed by atoms with Crippen molar-refractivity contribution in [2.24, 2.45) is 5.73 Å². The summed E-state index contributed by atoms with van der Waals surface area (Å²) in [6, 6.07) is 14.0. The molecule has 0 radical (unpaired) electrons. The first kappa shape index (κ1) is 10.1. The summed E-state index contributed by atoms with van der Waals surface area (Å²) in [5, 5.41) is 0. The molecule has 0 fully saturated rings. The van der Waals surface area contributed by atoms with Crippen LogP contribution < -0.4 is 10.5 Å². The third-order valence-corrected chi connectivity index (χ3v) is 2.94. The Labute approximate surface area is 100 Å². The summed E-state index contributed by atoms with van der Waals surface area (Å²) in [5.41, 5.74) is 9.01. The molecule has 2 N–H and O–H groups in total. The number of nitrogens with two attached hydrogens (primary N) is 1. The van der Waals surface area contributed by atoms with Gasteiger partial charge in [-0.1, -0.05) is 42.5 Å². The van der Waals surface area contributed by atoms with E-state index in [0.717, 1.165) is 28.2 Å². The van der Waals surface area contributed by atoms with Gasteiger partial charge in [-0.25, -0.2) is 0 Å². The number of hydrogen-bond donors (Lipinski definition) is 1. The summed E-state index contributed by atoms with van der Waals surface area (Å²) in [4.78, 5) is 0. The average Bonchev–Trinajstić information content (AvgIpc) is 2.57. The van der Waals surface area contributed by atoms with E-state index in [9.17, 15) is 0 Å². The van der Waals surface area contributed by atoms with Gasteiger partial charge >= 0.3 is 0 Å². The van der Waals surface area contributed by atoms with Crippen LogP contribution in [0.15, 0.2) is 42.5 Å². The van der Waals surface area contributed by atoms with E-state index in [-0.39, 0.29) is 0 Å². The van der Waals surface area contributed by atoms with Crippen molar-refractivity contribution < 1.29 is 4.74 Å². The summed E-state index contributed by atoms with van der Waals surface area (Å²) in [7, 11) is 0. The molecular formula is C15H13NO. The SMILES string of the molecule is NCc1cccc2c1C=Cc1ccccc1O2. The smallest absolute Gasteiger partial charge is 0.135 e. The van der Waals surface area contributed by atoms with Crippen molar-refractivity contribution in [1.29, 1.82) is 0 Å². The van der Waals surface area contributed by atoms with Crippen LogP contribution in [0.1, 0.15) is 16.7 Å². The van der Waals surface area contributed by atoms with E-state index in [0.29, 0.717) is 6.54 Å². The number of fused-ring (bicyclic) bond motifs is 2. The molecule has 2 aromatic carbocycles. The van der Waals surface area contributed by atoms with Crippen LogP contribution in [0, 0.1) is 0 Å². The van der Waals surface area contributed by atoms with Crippen LogP contribution in [0.5, 0.6) is 11.5 Å². The molecule has 3 rings (SSSR count). The van der Waals surface area contributed by atoms with Gasteiger partial charge in [0, 0.05) is 17.7 Å². The highest BCUT2D eigenvalue weighted by Crippen LogP contribution is 2.35. The highest BCUT2D eigenvalue weighted by molar-refractivity contribution is 5.78. The van der Waals surface area contributed by atoms with Crippen LogP contribution in [-0.2, 0) is 6.54 Å². The maximum Gasteiger partial charge on any atom is 0.135 e. The first-order chi connectivity index (χ1) is 8.38. The van der Waals surface area contributed by atoms with Crippen molar-refractivity contribution in [2.45, 2.75) is 6.54 Å². The Balaban J connectivity index is 2.18. The fraction of sp³-hybridized carbons (Fsp3) is 0.0667. The Morgan fingerprint density at radius 2 is 1.71 bits per heavy atom. The third kappa shape index (κ3) is 1.73. The van der Waals surface area contributed by atoms with Crippen LogP contribution >= 0.6 is 0 Å². The molecular weight excluding hydrogens is 210 g/mol. The minimum Gasteiger partial charge on any atom is -0.456 e. The second kappa shape index (κ2) is 4.07. The predicted octanol–water partition coefficient (Wildman–Crippen LogP) is 3.42. The summed E-state index contributed by atoms with van der Waals surface area (Å²) in [6.45, 7) is 0.521. The predicted molar refractivity (Wildman–Crippen MR) is 69.8 cm³/mol. The standard InChI is InChI=1S/C15H13NO/c16-10-12-5-3-7-15-13(12)9-8-11-4-1-2-6-14(11)17-15/h1-9H,10,16H2. The number of ether oxygens (including phenoxy) is 1. The molecule has 84 valence electrons. The topological polar surface area (TPSA) is 35.2 Å². The molecule has 2 aromatic rings. The van der Waals surface area contributed by atoms with Crippen LogP contribution in [0.3, 0.4) is 0 Å². The molecule has 0 saturated carbocycles. The molecule has 0 unspecified atom stereocenters. The lowest BCUT2D eigenvalue weighted by Gasteiger charge is -2.10. The largest absolute Gasteiger partial charge is 0.456 e. The van der Waals surface area contributed by atoms with Gasteiger partial charge in [0.25, 0.3) is 0 Å². The number of rotatable bonds is 1. The summed E-state index contributed by atoms with van der Waals surface area (Å²) in [6.07, 6.45) is 4.14. The summed E-state index contributed by atoms with van der Waals surface area (Å²) in [5.74, 6) is 1.76. The second-order valence-corrected chi connectivity index (χ2v) is 4.01. The third-order valence-electron chi connectivity index (χ3n) is 2.94. The average molecular weight is 223 g/mol. The minimum atomic E-state index is 0.521. The highest BCUT2D eigenvalue weighted by Gasteiger charge is 2.11. The van der Waals surface area contributed by atoms with Crippen molar-refractivity contribution in [2.75, 3.05) is 0 Å². The quantitative estimate of drug-likeness (QED) is 0.686. The maximum absolute atomic E-state index is 5.93. The van der Waals surface area contributed by atoms with E-state index in [2.05, 4.69) is 12.2 Å². The van der Waals surface area contributed by atoms with Crippen molar-refractivity contribution >= 4 is 12.2 Å². The second-order valence-electron chi connectivity index (χ2n) is 4.01. The fourth-order valence-corrected chi connectivity index (χ4v) is 2.05. The van der Waals surface area contributed by atoms with Crippen LogP contribution in [0.2, 0.25) is 0 Å². The molecule has 0 amide bonds. The van der Waals surface area contributed by atoms with Crippen molar-refractivity contribution in [3.05, 3.63) is 59.2 Å². The minimum absolute atomic E-state index is 0.521. The molecule has 1 heterocycles. The van der Waals surface area contributed by atoms with Gasteiger partial charge in [-0.05, 0) is 17.7 Å². The Morgan fingerprint density at radius 3 is 2.59 bits per heavy atom. The fourth-order valence-electron chi connectivity index (χ4n) is 2.05. The Kier molecular flexibility index (Phi) is 2.42. The van der Waals surface area contributed by atoms with Crippen molar-refractivity contribution in [3.8, 4) is 11.5 Å². The first-order valence-electron chi connectivity index (χ1n) is 5.65. The van der Waals surface area contributed by atoms with Gasteiger partial charge in [0.1, 0.15) is 11.5 Å². The summed E-state index contributed by atoms with van der Waals surface area (Å²) < 4.78 is 5.93. The van der Waals surface area contributed by atoms with E-state index < -0.39 is 0 Å². The van der Waals surface area contributed by atoms with E-state index in [4.69, 9.17) is 10.5 Å². The van der Waals surface area contributed by atoms with Gasteiger partial charge in [0.15, 0.2) is 0 Å². The Bertz CT molecular complexity index is 587. The zero-order chi connectivity index (χ0) is 11.7. The van der Waals surface area contributed by atoms with Gasteiger partial charge in [0.05, 0.1) is 0 Å². The number of benzene rings is 2. The number of hydrogen-bond acceptors (Lipinski definition) is 2. The molecule has 0 atom stereocenters. The molecule has 0 spiro atoms. The molecule has 1 aliphatic heterocycles.